The number of amides is 2. The molecular weight excluding hydrogens is 392 g/mol. The first-order chi connectivity index (χ1) is 14.7. The number of rotatable bonds is 5. The Morgan fingerprint density at radius 1 is 1.10 bits per heavy atom. The Balaban J connectivity index is 1.35. The number of hydrogen-bond acceptors (Lipinski definition) is 9. The molecule has 4 rings (SSSR count). The molecule has 11 heteroatoms. The maximum atomic E-state index is 12.4. The summed E-state index contributed by atoms with van der Waals surface area (Å²) in [7, 11) is 0. The van der Waals surface area contributed by atoms with Crippen LogP contribution in [0.5, 0.6) is 0 Å². The van der Waals surface area contributed by atoms with Gasteiger partial charge in [0.1, 0.15) is 12.2 Å². The average Bonchev–Trinajstić information content (AvgIpc) is 3.14. The maximum absolute atomic E-state index is 12.4. The van der Waals surface area contributed by atoms with Crippen molar-refractivity contribution in [2.45, 2.75) is 24.4 Å². The lowest BCUT2D eigenvalue weighted by atomic mass is 10.0. The van der Waals surface area contributed by atoms with Crippen LogP contribution >= 0.6 is 0 Å². The lowest BCUT2D eigenvalue weighted by molar-refractivity contribution is -0.0211. The number of carbonyl (C=O) groups is 1. The first-order valence-electron chi connectivity index (χ1n) is 10.5. The fourth-order valence-corrected chi connectivity index (χ4v) is 4.34. The quantitative estimate of drug-likeness (QED) is 0.501. The standard InChI is InChI=1S/C19H30N6O5/c26-13-15-17(27)16(14(30-15)12-22-19(28)25-8-10-29-11-9-25)23-4-6-24(7-5-23)18-20-2-1-3-21-18/h1-3,14-17,26-27H,4-13H2,(H,22,28). The number of nitrogens with one attached hydrogen (secondary N) is 1. The zero-order valence-corrected chi connectivity index (χ0v) is 17.0. The summed E-state index contributed by atoms with van der Waals surface area (Å²) in [6, 6.07) is 1.33. The highest BCUT2D eigenvalue weighted by atomic mass is 16.5. The van der Waals surface area contributed by atoms with Crippen molar-refractivity contribution in [1.82, 2.24) is 25.1 Å². The molecule has 3 saturated heterocycles. The van der Waals surface area contributed by atoms with E-state index in [9.17, 15) is 15.0 Å². The molecule has 30 heavy (non-hydrogen) atoms. The number of nitrogens with zero attached hydrogens (tertiary/aromatic N) is 5. The van der Waals surface area contributed by atoms with Crippen molar-refractivity contribution in [2.24, 2.45) is 0 Å². The zero-order valence-electron chi connectivity index (χ0n) is 17.0. The summed E-state index contributed by atoms with van der Waals surface area (Å²) >= 11 is 0. The number of piperazine rings is 1. The van der Waals surface area contributed by atoms with Crippen molar-refractivity contribution in [2.75, 3.05) is 70.5 Å². The van der Waals surface area contributed by atoms with Crippen LogP contribution in [0, 0.1) is 0 Å². The molecule has 0 saturated carbocycles. The highest BCUT2D eigenvalue weighted by molar-refractivity contribution is 5.74. The monoisotopic (exact) mass is 422 g/mol. The van der Waals surface area contributed by atoms with Gasteiger partial charge < -0.3 is 34.8 Å². The summed E-state index contributed by atoms with van der Waals surface area (Å²) in [6.07, 6.45) is 1.57. The van der Waals surface area contributed by atoms with Crippen molar-refractivity contribution >= 4 is 12.0 Å². The number of aromatic nitrogens is 2. The van der Waals surface area contributed by atoms with Crippen LogP contribution in [-0.2, 0) is 9.47 Å². The molecule has 4 unspecified atom stereocenters. The Bertz CT molecular complexity index is 683. The molecule has 3 aliphatic rings. The number of aliphatic hydroxyl groups excluding tert-OH is 2. The molecule has 0 radical (unpaired) electrons. The second-order valence-corrected chi connectivity index (χ2v) is 7.73. The van der Waals surface area contributed by atoms with E-state index in [0.717, 1.165) is 13.1 Å². The molecule has 166 valence electrons. The number of urea groups is 1. The van der Waals surface area contributed by atoms with Crippen LogP contribution in [0.4, 0.5) is 10.7 Å². The first kappa shape index (κ1) is 21.2. The Labute approximate surface area is 175 Å². The van der Waals surface area contributed by atoms with Crippen LogP contribution in [-0.4, -0.2) is 126 Å². The number of anilines is 1. The van der Waals surface area contributed by atoms with Crippen LogP contribution in [0.3, 0.4) is 0 Å². The number of carbonyl (C=O) groups excluding carboxylic acids is 1. The van der Waals surface area contributed by atoms with Crippen LogP contribution in [0.25, 0.3) is 0 Å². The van der Waals surface area contributed by atoms with Gasteiger partial charge in [0.2, 0.25) is 5.95 Å². The third-order valence-electron chi connectivity index (χ3n) is 5.96. The van der Waals surface area contributed by atoms with Gasteiger partial charge in [0.05, 0.1) is 32.0 Å². The average molecular weight is 422 g/mol. The molecule has 0 bridgehead atoms. The normalized spacial score (nSPS) is 30.5. The van der Waals surface area contributed by atoms with E-state index in [4.69, 9.17) is 9.47 Å². The number of aliphatic hydroxyl groups is 2. The van der Waals surface area contributed by atoms with E-state index in [0.29, 0.717) is 45.3 Å². The van der Waals surface area contributed by atoms with Crippen LogP contribution in [0.15, 0.2) is 18.5 Å². The minimum absolute atomic E-state index is 0.159. The van der Waals surface area contributed by atoms with E-state index in [2.05, 4.69) is 25.1 Å². The lowest BCUT2D eigenvalue weighted by Gasteiger charge is -2.40. The molecule has 1 aromatic heterocycles. The fraction of sp³-hybridized carbons (Fsp3) is 0.737. The zero-order chi connectivity index (χ0) is 20.9. The summed E-state index contributed by atoms with van der Waals surface area (Å²) in [5.74, 6) is 0.697. The predicted octanol–water partition coefficient (Wildman–Crippen LogP) is -1.87. The number of ether oxygens (including phenoxy) is 2. The second-order valence-electron chi connectivity index (χ2n) is 7.73. The highest BCUT2D eigenvalue weighted by Gasteiger charge is 2.47. The van der Waals surface area contributed by atoms with E-state index in [1.165, 1.54) is 0 Å². The molecular formula is C19H30N6O5. The Hall–Kier alpha value is -2.05. The first-order valence-corrected chi connectivity index (χ1v) is 10.5. The van der Waals surface area contributed by atoms with Crippen molar-refractivity contribution in [3.63, 3.8) is 0 Å². The van der Waals surface area contributed by atoms with Gasteiger partial charge in [0, 0.05) is 58.2 Å². The summed E-state index contributed by atoms with van der Waals surface area (Å²) in [6.45, 7) is 5.07. The fourth-order valence-electron chi connectivity index (χ4n) is 4.34. The molecule has 11 nitrogen and oxygen atoms in total. The third kappa shape index (κ3) is 4.65. The van der Waals surface area contributed by atoms with Gasteiger partial charge in [-0.3, -0.25) is 4.90 Å². The van der Waals surface area contributed by atoms with Gasteiger partial charge in [-0.05, 0) is 6.07 Å². The largest absolute Gasteiger partial charge is 0.394 e. The van der Waals surface area contributed by atoms with Gasteiger partial charge in [-0.1, -0.05) is 0 Å². The van der Waals surface area contributed by atoms with Crippen molar-refractivity contribution in [1.29, 1.82) is 0 Å². The second kappa shape index (κ2) is 9.84. The Kier molecular flexibility index (Phi) is 6.95. The van der Waals surface area contributed by atoms with Gasteiger partial charge in [-0.2, -0.15) is 0 Å². The van der Waals surface area contributed by atoms with E-state index in [1.54, 1.807) is 23.4 Å². The molecule has 1 aromatic rings. The van der Waals surface area contributed by atoms with Gasteiger partial charge in [0.15, 0.2) is 0 Å². The van der Waals surface area contributed by atoms with Crippen molar-refractivity contribution < 1.29 is 24.5 Å². The summed E-state index contributed by atoms with van der Waals surface area (Å²) in [5.41, 5.74) is 0. The van der Waals surface area contributed by atoms with Crippen LogP contribution < -0.4 is 10.2 Å². The molecule has 0 spiro atoms. The van der Waals surface area contributed by atoms with Gasteiger partial charge >= 0.3 is 6.03 Å². The van der Waals surface area contributed by atoms with Gasteiger partial charge in [0.25, 0.3) is 0 Å². The SMILES string of the molecule is O=C(NCC1OC(CO)C(O)C1N1CCN(c2ncccn2)CC1)N1CCOCC1. The van der Waals surface area contributed by atoms with E-state index < -0.39 is 18.3 Å². The number of morpholine rings is 1. The van der Waals surface area contributed by atoms with E-state index >= 15 is 0 Å². The Morgan fingerprint density at radius 3 is 2.47 bits per heavy atom. The molecule has 3 N–H and O–H groups in total. The molecule has 0 aromatic carbocycles. The van der Waals surface area contributed by atoms with E-state index in [-0.39, 0.29) is 25.2 Å². The molecule has 3 aliphatic heterocycles. The van der Waals surface area contributed by atoms with Gasteiger partial charge in [-0.15, -0.1) is 0 Å². The molecule has 4 heterocycles. The van der Waals surface area contributed by atoms with Crippen molar-refractivity contribution in [3.05, 3.63) is 18.5 Å². The maximum Gasteiger partial charge on any atom is 0.317 e. The van der Waals surface area contributed by atoms with Gasteiger partial charge in [-0.25, -0.2) is 14.8 Å². The smallest absolute Gasteiger partial charge is 0.317 e. The van der Waals surface area contributed by atoms with Crippen LogP contribution in [0.1, 0.15) is 0 Å². The summed E-state index contributed by atoms with van der Waals surface area (Å²) in [4.78, 5) is 27.0. The van der Waals surface area contributed by atoms with Crippen molar-refractivity contribution in [3.8, 4) is 0 Å². The number of hydrogen-bond donors (Lipinski definition) is 3. The minimum Gasteiger partial charge on any atom is -0.394 e. The highest BCUT2D eigenvalue weighted by Crippen LogP contribution is 2.27. The van der Waals surface area contributed by atoms with Crippen LogP contribution in [0.2, 0.25) is 0 Å². The minimum atomic E-state index is -0.820. The molecule has 2 amide bonds. The lowest BCUT2D eigenvalue weighted by Crippen LogP contribution is -2.58. The predicted molar refractivity (Wildman–Crippen MR) is 107 cm³/mol. The molecule has 3 fully saturated rings. The third-order valence-corrected chi connectivity index (χ3v) is 5.96. The molecule has 4 atom stereocenters. The topological polar surface area (TPSA) is 124 Å². The summed E-state index contributed by atoms with van der Waals surface area (Å²) < 4.78 is 11.2. The summed E-state index contributed by atoms with van der Waals surface area (Å²) in [5, 5.41) is 23.3. The molecule has 0 aliphatic carbocycles. The Morgan fingerprint density at radius 2 is 1.80 bits per heavy atom. The van der Waals surface area contributed by atoms with E-state index in [1.807, 2.05) is 0 Å².